The quantitative estimate of drug-likeness (QED) is 0.591. The minimum Gasteiger partial charge on any atom is -0.399 e. The number of hydrogen-bond acceptors (Lipinski definition) is 4. The van der Waals surface area contributed by atoms with Gasteiger partial charge in [-0.05, 0) is 30.7 Å². The second-order valence-electron chi connectivity index (χ2n) is 3.27. The van der Waals surface area contributed by atoms with Crippen molar-refractivity contribution in [2.75, 3.05) is 23.7 Å². The molecule has 0 spiro atoms. The molecule has 0 heterocycles. The third kappa shape index (κ3) is 2.89. The summed E-state index contributed by atoms with van der Waals surface area (Å²) in [5.74, 6) is 0. The first kappa shape index (κ1) is 10.9. The van der Waals surface area contributed by atoms with E-state index in [2.05, 4.69) is 0 Å². The van der Waals surface area contributed by atoms with E-state index in [-0.39, 0.29) is 13.1 Å². The van der Waals surface area contributed by atoms with Crippen molar-refractivity contribution >= 4 is 11.4 Å². The minimum atomic E-state index is 0.191. The molecule has 0 aliphatic carbocycles. The molecule has 0 aliphatic rings. The Morgan fingerprint density at radius 2 is 1.80 bits per heavy atom. The zero-order chi connectivity index (χ0) is 11.3. The third-order valence-corrected chi connectivity index (χ3v) is 1.97. The smallest absolute Gasteiger partial charge is 0.106 e. The lowest BCUT2D eigenvalue weighted by atomic mass is 10.2. The van der Waals surface area contributed by atoms with Crippen molar-refractivity contribution in [3.8, 4) is 12.1 Å². The van der Waals surface area contributed by atoms with Gasteiger partial charge >= 0.3 is 0 Å². The highest BCUT2D eigenvalue weighted by molar-refractivity contribution is 5.59. The van der Waals surface area contributed by atoms with Gasteiger partial charge in [0.15, 0.2) is 0 Å². The van der Waals surface area contributed by atoms with E-state index in [0.717, 1.165) is 11.3 Å². The monoisotopic (exact) mass is 200 g/mol. The van der Waals surface area contributed by atoms with Gasteiger partial charge in [0.25, 0.3) is 0 Å². The molecule has 0 amide bonds. The molecule has 76 valence electrons. The number of hydrogen-bond donors (Lipinski definition) is 1. The molecule has 0 saturated carbocycles. The molecule has 0 aliphatic heterocycles. The van der Waals surface area contributed by atoms with Crippen LogP contribution in [0, 0.1) is 29.6 Å². The number of nitrogens with two attached hydrogens (primary N) is 1. The molecule has 4 heteroatoms. The summed E-state index contributed by atoms with van der Waals surface area (Å²) in [6, 6.07) is 9.57. The highest BCUT2D eigenvalue weighted by atomic mass is 15.1. The molecule has 1 aromatic rings. The first-order valence-electron chi connectivity index (χ1n) is 4.53. The number of aryl methyl sites for hydroxylation is 1. The van der Waals surface area contributed by atoms with E-state index >= 15 is 0 Å². The van der Waals surface area contributed by atoms with Crippen LogP contribution in [0.3, 0.4) is 0 Å². The highest BCUT2D eigenvalue weighted by Crippen LogP contribution is 2.19. The number of benzene rings is 1. The summed E-state index contributed by atoms with van der Waals surface area (Å²) in [6.07, 6.45) is 0. The van der Waals surface area contributed by atoms with Crippen LogP contribution in [0.2, 0.25) is 0 Å². The standard InChI is InChI=1S/C11H12N4/c1-9-6-10(14)8-11(7-9)15(4-2-12)5-3-13/h6-8H,4-5,14H2,1H3. The summed E-state index contributed by atoms with van der Waals surface area (Å²) in [5, 5.41) is 17.3. The van der Waals surface area contributed by atoms with Crippen molar-refractivity contribution in [2.45, 2.75) is 6.92 Å². The van der Waals surface area contributed by atoms with Crippen LogP contribution < -0.4 is 10.6 Å². The van der Waals surface area contributed by atoms with E-state index in [9.17, 15) is 0 Å². The molecule has 0 aromatic heterocycles. The Kier molecular flexibility index (Phi) is 3.54. The van der Waals surface area contributed by atoms with Crippen LogP contribution in [0.1, 0.15) is 5.56 Å². The van der Waals surface area contributed by atoms with E-state index < -0.39 is 0 Å². The molecule has 15 heavy (non-hydrogen) atoms. The molecule has 0 unspecified atom stereocenters. The van der Waals surface area contributed by atoms with Gasteiger partial charge in [-0.25, -0.2) is 0 Å². The van der Waals surface area contributed by atoms with Gasteiger partial charge in [0, 0.05) is 11.4 Å². The number of nitriles is 2. The maximum absolute atomic E-state index is 8.63. The largest absolute Gasteiger partial charge is 0.399 e. The molecular formula is C11H12N4. The zero-order valence-corrected chi connectivity index (χ0v) is 8.57. The van der Waals surface area contributed by atoms with Crippen LogP contribution in [-0.2, 0) is 0 Å². The van der Waals surface area contributed by atoms with E-state index in [0.29, 0.717) is 5.69 Å². The fourth-order valence-electron chi connectivity index (χ4n) is 1.38. The van der Waals surface area contributed by atoms with Gasteiger partial charge < -0.3 is 10.6 Å². The lowest BCUT2D eigenvalue weighted by Gasteiger charge is -2.18. The molecule has 4 nitrogen and oxygen atoms in total. The Morgan fingerprint density at radius 1 is 1.20 bits per heavy atom. The number of nitrogen functional groups attached to an aromatic ring is 1. The fraction of sp³-hybridized carbons (Fsp3) is 0.273. The minimum absolute atomic E-state index is 0.191. The van der Waals surface area contributed by atoms with Gasteiger partial charge in [-0.1, -0.05) is 0 Å². The Hall–Kier alpha value is -2.20. The molecule has 2 N–H and O–H groups in total. The number of anilines is 2. The lowest BCUT2D eigenvalue weighted by Crippen LogP contribution is -2.23. The predicted molar refractivity (Wildman–Crippen MR) is 59.0 cm³/mol. The summed E-state index contributed by atoms with van der Waals surface area (Å²) < 4.78 is 0. The first-order chi connectivity index (χ1) is 7.17. The predicted octanol–water partition coefficient (Wildman–Crippen LogP) is 1.43. The van der Waals surface area contributed by atoms with Gasteiger partial charge in [-0.15, -0.1) is 0 Å². The lowest BCUT2D eigenvalue weighted by molar-refractivity contribution is 0.965. The number of rotatable bonds is 3. The van der Waals surface area contributed by atoms with Crippen LogP contribution in [0.4, 0.5) is 11.4 Å². The van der Waals surface area contributed by atoms with Gasteiger partial charge in [-0.3, -0.25) is 0 Å². The van der Waals surface area contributed by atoms with Gasteiger partial charge in [0.1, 0.15) is 13.1 Å². The van der Waals surface area contributed by atoms with Crippen LogP contribution in [0.25, 0.3) is 0 Å². The molecule has 0 saturated heterocycles. The maximum Gasteiger partial charge on any atom is 0.106 e. The molecular weight excluding hydrogens is 188 g/mol. The van der Waals surface area contributed by atoms with Crippen molar-refractivity contribution in [1.29, 1.82) is 10.5 Å². The summed E-state index contributed by atoms with van der Waals surface area (Å²) in [7, 11) is 0. The van der Waals surface area contributed by atoms with E-state index in [1.54, 1.807) is 11.0 Å². The Labute approximate surface area is 89.1 Å². The van der Waals surface area contributed by atoms with Crippen LogP contribution in [0.5, 0.6) is 0 Å². The molecule has 0 bridgehead atoms. The van der Waals surface area contributed by atoms with E-state index in [1.165, 1.54) is 0 Å². The normalized spacial score (nSPS) is 9.00. The summed E-state index contributed by atoms with van der Waals surface area (Å²) in [6.45, 7) is 2.31. The van der Waals surface area contributed by atoms with Crippen molar-refractivity contribution in [3.63, 3.8) is 0 Å². The van der Waals surface area contributed by atoms with Crippen LogP contribution in [0.15, 0.2) is 18.2 Å². The topological polar surface area (TPSA) is 76.8 Å². The van der Waals surface area contributed by atoms with Crippen molar-refractivity contribution < 1.29 is 0 Å². The summed E-state index contributed by atoms with van der Waals surface area (Å²) in [4.78, 5) is 1.68. The maximum atomic E-state index is 8.63. The average molecular weight is 200 g/mol. The van der Waals surface area contributed by atoms with Gasteiger partial charge in [0.05, 0.1) is 12.1 Å². The Balaban J connectivity index is 3.01. The molecule has 0 radical (unpaired) electrons. The second kappa shape index (κ2) is 4.88. The summed E-state index contributed by atoms with van der Waals surface area (Å²) in [5.41, 5.74) is 8.18. The van der Waals surface area contributed by atoms with E-state index in [4.69, 9.17) is 16.3 Å². The number of nitrogens with zero attached hydrogens (tertiary/aromatic N) is 3. The summed E-state index contributed by atoms with van der Waals surface area (Å²) >= 11 is 0. The van der Waals surface area contributed by atoms with Crippen molar-refractivity contribution in [2.24, 2.45) is 0 Å². The average Bonchev–Trinajstić information content (AvgIpc) is 2.16. The fourth-order valence-corrected chi connectivity index (χ4v) is 1.38. The zero-order valence-electron chi connectivity index (χ0n) is 8.57. The Morgan fingerprint density at radius 3 is 2.27 bits per heavy atom. The highest BCUT2D eigenvalue weighted by Gasteiger charge is 2.06. The van der Waals surface area contributed by atoms with Gasteiger partial charge in [0.2, 0.25) is 0 Å². The second-order valence-corrected chi connectivity index (χ2v) is 3.27. The van der Waals surface area contributed by atoms with E-state index in [1.807, 2.05) is 31.2 Å². The molecule has 1 aromatic carbocycles. The van der Waals surface area contributed by atoms with Gasteiger partial charge in [-0.2, -0.15) is 10.5 Å². The van der Waals surface area contributed by atoms with Crippen LogP contribution in [-0.4, -0.2) is 13.1 Å². The molecule has 1 rings (SSSR count). The Bertz CT molecular complexity index is 389. The van der Waals surface area contributed by atoms with Crippen LogP contribution >= 0.6 is 0 Å². The third-order valence-electron chi connectivity index (χ3n) is 1.97. The molecule has 0 atom stereocenters. The first-order valence-corrected chi connectivity index (χ1v) is 4.53. The molecule has 0 fully saturated rings. The SMILES string of the molecule is Cc1cc(N)cc(N(CC#N)CC#N)c1. The van der Waals surface area contributed by atoms with Crippen molar-refractivity contribution in [1.82, 2.24) is 0 Å². The van der Waals surface area contributed by atoms with Crippen molar-refractivity contribution in [3.05, 3.63) is 23.8 Å².